The number of amides is 1. The number of furan rings is 1. The Morgan fingerprint density at radius 2 is 1.81 bits per heavy atom. The SMILES string of the molecule is O=C(/C=C/c1ccc(-c2ccccc2)o1)NC(=S)Nc1cccc(Cl)c1N1CCCC1. The zero-order valence-corrected chi connectivity index (χ0v) is 18.4. The highest BCUT2D eigenvalue weighted by atomic mass is 35.5. The number of hydrogen-bond acceptors (Lipinski definition) is 4. The summed E-state index contributed by atoms with van der Waals surface area (Å²) in [6.07, 6.45) is 5.27. The first-order valence-electron chi connectivity index (χ1n) is 10.1. The minimum Gasteiger partial charge on any atom is -0.457 e. The quantitative estimate of drug-likeness (QED) is 0.383. The van der Waals surface area contributed by atoms with E-state index in [4.69, 9.17) is 28.2 Å². The number of rotatable bonds is 5. The molecular weight excluding hydrogens is 430 g/mol. The molecule has 1 aliphatic rings. The van der Waals surface area contributed by atoms with Gasteiger partial charge in [-0.3, -0.25) is 10.1 Å². The molecule has 0 aliphatic carbocycles. The molecule has 2 heterocycles. The number of anilines is 2. The Kier molecular flexibility index (Phi) is 6.70. The first kappa shape index (κ1) is 21.2. The molecule has 0 unspecified atom stereocenters. The van der Waals surface area contributed by atoms with Crippen LogP contribution in [0.25, 0.3) is 17.4 Å². The van der Waals surface area contributed by atoms with Crippen LogP contribution in [0, 0.1) is 0 Å². The van der Waals surface area contributed by atoms with Crippen LogP contribution in [0.4, 0.5) is 11.4 Å². The van der Waals surface area contributed by atoms with E-state index in [0.717, 1.165) is 48.6 Å². The molecule has 31 heavy (non-hydrogen) atoms. The Labute approximate surface area is 191 Å². The number of carbonyl (C=O) groups is 1. The Bertz CT molecular complexity index is 1110. The van der Waals surface area contributed by atoms with E-state index in [0.29, 0.717) is 10.8 Å². The summed E-state index contributed by atoms with van der Waals surface area (Å²) in [5.41, 5.74) is 2.67. The topological polar surface area (TPSA) is 57.5 Å². The van der Waals surface area contributed by atoms with Crippen molar-refractivity contribution in [1.29, 1.82) is 0 Å². The van der Waals surface area contributed by atoms with Crippen LogP contribution in [0.15, 0.2) is 71.2 Å². The number of benzene rings is 2. The van der Waals surface area contributed by atoms with Crippen LogP contribution in [0.5, 0.6) is 0 Å². The van der Waals surface area contributed by atoms with E-state index in [1.165, 1.54) is 6.08 Å². The molecule has 0 bridgehead atoms. The molecule has 1 aliphatic heterocycles. The van der Waals surface area contributed by atoms with Crippen molar-refractivity contribution >= 4 is 52.3 Å². The molecule has 0 saturated carbocycles. The van der Waals surface area contributed by atoms with Crippen LogP contribution in [0.1, 0.15) is 18.6 Å². The molecule has 1 fully saturated rings. The van der Waals surface area contributed by atoms with E-state index in [9.17, 15) is 4.79 Å². The highest BCUT2D eigenvalue weighted by molar-refractivity contribution is 7.80. The molecule has 7 heteroatoms. The van der Waals surface area contributed by atoms with Crippen molar-refractivity contribution in [3.05, 3.63) is 77.5 Å². The second-order valence-corrected chi connectivity index (χ2v) is 7.99. The van der Waals surface area contributed by atoms with Gasteiger partial charge in [0.25, 0.3) is 0 Å². The zero-order valence-electron chi connectivity index (χ0n) is 16.8. The minimum absolute atomic E-state index is 0.210. The smallest absolute Gasteiger partial charge is 0.250 e. The summed E-state index contributed by atoms with van der Waals surface area (Å²) in [5, 5.41) is 6.63. The monoisotopic (exact) mass is 451 g/mol. The van der Waals surface area contributed by atoms with Gasteiger partial charge in [-0.2, -0.15) is 0 Å². The molecule has 4 rings (SSSR count). The number of nitrogens with zero attached hydrogens (tertiary/aromatic N) is 1. The lowest BCUT2D eigenvalue weighted by molar-refractivity contribution is -0.115. The van der Waals surface area contributed by atoms with Crippen LogP contribution < -0.4 is 15.5 Å². The van der Waals surface area contributed by atoms with Crippen molar-refractivity contribution in [3.8, 4) is 11.3 Å². The molecule has 158 valence electrons. The van der Waals surface area contributed by atoms with Crippen molar-refractivity contribution < 1.29 is 9.21 Å². The van der Waals surface area contributed by atoms with Gasteiger partial charge in [-0.15, -0.1) is 0 Å². The fraction of sp³-hybridized carbons (Fsp3) is 0.167. The maximum atomic E-state index is 12.3. The maximum Gasteiger partial charge on any atom is 0.250 e. The molecule has 2 aromatic carbocycles. The molecule has 0 spiro atoms. The van der Waals surface area contributed by atoms with Gasteiger partial charge >= 0.3 is 0 Å². The summed E-state index contributed by atoms with van der Waals surface area (Å²) in [6.45, 7) is 1.91. The lowest BCUT2D eigenvalue weighted by Crippen LogP contribution is -2.33. The van der Waals surface area contributed by atoms with E-state index < -0.39 is 0 Å². The zero-order chi connectivity index (χ0) is 21.6. The van der Waals surface area contributed by atoms with E-state index in [1.54, 1.807) is 6.08 Å². The van der Waals surface area contributed by atoms with Gasteiger partial charge in [-0.1, -0.05) is 48.0 Å². The first-order chi connectivity index (χ1) is 15.1. The highest BCUT2D eigenvalue weighted by Gasteiger charge is 2.19. The highest BCUT2D eigenvalue weighted by Crippen LogP contribution is 2.35. The Balaban J connectivity index is 1.37. The number of halogens is 1. The molecule has 3 aromatic rings. The molecule has 0 radical (unpaired) electrons. The fourth-order valence-corrected chi connectivity index (χ4v) is 4.05. The van der Waals surface area contributed by atoms with Crippen molar-refractivity contribution in [3.63, 3.8) is 0 Å². The van der Waals surface area contributed by atoms with Gasteiger partial charge in [0.15, 0.2) is 5.11 Å². The predicted octanol–water partition coefficient (Wildman–Crippen LogP) is 5.73. The Morgan fingerprint density at radius 1 is 1.03 bits per heavy atom. The van der Waals surface area contributed by atoms with Crippen LogP contribution >= 0.6 is 23.8 Å². The molecule has 1 aromatic heterocycles. The number of thiocarbonyl (C=S) groups is 1. The van der Waals surface area contributed by atoms with Crippen LogP contribution in [0.2, 0.25) is 5.02 Å². The van der Waals surface area contributed by atoms with Gasteiger partial charge in [-0.05, 0) is 55.4 Å². The van der Waals surface area contributed by atoms with Crippen LogP contribution in [-0.2, 0) is 4.79 Å². The van der Waals surface area contributed by atoms with Gasteiger partial charge < -0.3 is 14.6 Å². The minimum atomic E-state index is -0.347. The predicted molar refractivity (Wildman–Crippen MR) is 130 cm³/mol. The summed E-state index contributed by atoms with van der Waals surface area (Å²) >= 11 is 11.8. The molecule has 0 atom stereocenters. The number of hydrogen-bond donors (Lipinski definition) is 2. The average molecular weight is 452 g/mol. The second kappa shape index (κ2) is 9.81. The molecule has 2 N–H and O–H groups in total. The average Bonchev–Trinajstić information content (AvgIpc) is 3.45. The van der Waals surface area contributed by atoms with Crippen molar-refractivity contribution in [2.75, 3.05) is 23.3 Å². The Morgan fingerprint density at radius 3 is 2.58 bits per heavy atom. The van der Waals surface area contributed by atoms with E-state index in [2.05, 4.69) is 15.5 Å². The van der Waals surface area contributed by atoms with Crippen molar-refractivity contribution in [2.24, 2.45) is 0 Å². The van der Waals surface area contributed by atoms with E-state index >= 15 is 0 Å². The summed E-state index contributed by atoms with van der Waals surface area (Å²) in [4.78, 5) is 14.5. The third-order valence-corrected chi connectivity index (χ3v) is 5.49. The van der Waals surface area contributed by atoms with Crippen molar-refractivity contribution in [1.82, 2.24) is 5.32 Å². The molecule has 5 nitrogen and oxygen atoms in total. The van der Waals surface area contributed by atoms with Crippen LogP contribution in [-0.4, -0.2) is 24.1 Å². The van der Waals surface area contributed by atoms with Gasteiger partial charge in [0, 0.05) is 24.7 Å². The Hall–Kier alpha value is -3.09. The third kappa shape index (κ3) is 5.34. The summed E-state index contributed by atoms with van der Waals surface area (Å²) < 4.78 is 5.77. The standard InChI is InChI=1S/C24H22ClN3O2S/c25-19-9-6-10-20(23(19)28-15-4-5-16-28)26-24(31)27-22(29)14-12-18-11-13-21(30-18)17-7-2-1-3-8-17/h1-3,6-14H,4-5,15-16H2,(H2,26,27,29,31)/b14-12+. The number of para-hydroxylation sites is 1. The summed E-state index contributed by atoms with van der Waals surface area (Å²) in [6, 6.07) is 19.1. The lowest BCUT2D eigenvalue weighted by Gasteiger charge is -2.23. The van der Waals surface area contributed by atoms with Crippen LogP contribution in [0.3, 0.4) is 0 Å². The molecule has 1 amide bonds. The summed E-state index contributed by atoms with van der Waals surface area (Å²) in [5.74, 6) is 0.979. The second-order valence-electron chi connectivity index (χ2n) is 7.17. The molecular formula is C24H22ClN3O2S. The van der Waals surface area contributed by atoms with Gasteiger partial charge in [0.1, 0.15) is 11.5 Å². The summed E-state index contributed by atoms with van der Waals surface area (Å²) in [7, 11) is 0. The van der Waals surface area contributed by atoms with E-state index in [-0.39, 0.29) is 11.0 Å². The van der Waals surface area contributed by atoms with Gasteiger partial charge in [0.05, 0.1) is 16.4 Å². The normalized spacial score (nSPS) is 13.5. The van der Waals surface area contributed by atoms with Gasteiger partial charge in [0.2, 0.25) is 5.91 Å². The maximum absolute atomic E-state index is 12.3. The third-order valence-electron chi connectivity index (χ3n) is 4.98. The first-order valence-corrected chi connectivity index (χ1v) is 10.9. The van der Waals surface area contributed by atoms with E-state index in [1.807, 2.05) is 60.7 Å². The fourth-order valence-electron chi connectivity index (χ4n) is 3.54. The largest absolute Gasteiger partial charge is 0.457 e. The molecule has 1 saturated heterocycles. The number of carbonyl (C=O) groups excluding carboxylic acids is 1. The van der Waals surface area contributed by atoms with Crippen molar-refractivity contribution in [2.45, 2.75) is 12.8 Å². The number of nitrogens with one attached hydrogen (secondary N) is 2. The van der Waals surface area contributed by atoms with Gasteiger partial charge in [-0.25, -0.2) is 0 Å². The lowest BCUT2D eigenvalue weighted by atomic mass is 10.2.